The maximum absolute atomic E-state index is 11.5. The van der Waals surface area contributed by atoms with Crippen molar-refractivity contribution < 1.29 is 9.90 Å². The number of amides is 1. The van der Waals surface area contributed by atoms with Crippen molar-refractivity contribution in [3.63, 3.8) is 0 Å². The molecule has 0 fully saturated rings. The van der Waals surface area contributed by atoms with Gasteiger partial charge >= 0.3 is 0 Å². The van der Waals surface area contributed by atoms with E-state index in [2.05, 4.69) is 24.1 Å². The fourth-order valence-electron chi connectivity index (χ4n) is 1.91. The Morgan fingerprint density at radius 1 is 1.55 bits per heavy atom. The van der Waals surface area contributed by atoms with Crippen molar-refractivity contribution in [2.45, 2.75) is 40.7 Å². The van der Waals surface area contributed by atoms with Crippen molar-refractivity contribution in [1.29, 1.82) is 0 Å². The molecule has 1 aromatic rings. The molecule has 114 valence electrons. The number of hydrogen-bond donors (Lipinski definition) is 2. The second-order valence-electron chi connectivity index (χ2n) is 5.63. The largest absolute Gasteiger partial charge is 0.396 e. The molecule has 1 aromatic heterocycles. The summed E-state index contributed by atoms with van der Waals surface area (Å²) in [5.74, 6) is 0.0189. The van der Waals surface area contributed by atoms with Gasteiger partial charge in [0, 0.05) is 38.5 Å². The van der Waals surface area contributed by atoms with Gasteiger partial charge in [0.05, 0.1) is 5.69 Å². The summed E-state index contributed by atoms with van der Waals surface area (Å²) in [6.07, 6.45) is 0.774. The number of rotatable bonds is 8. The van der Waals surface area contributed by atoms with Crippen LogP contribution in [0.5, 0.6) is 0 Å². The molecule has 2 N–H and O–H groups in total. The van der Waals surface area contributed by atoms with E-state index in [0.29, 0.717) is 13.1 Å². The van der Waals surface area contributed by atoms with Gasteiger partial charge in [0.2, 0.25) is 5.91 Å². The van der Waals surface area contributed by atoms with Crippen molar-refractivity contribution in [2.24, 2.45) is 5.41 Å². The minimum atomic E-state index is 0.0189. The lowest BCUT2D eigenvalue weighted by Crippen LogP contribution is -2.30. The van der Waals surface area contributed by atoms with Crippen molar-refractivity contribution in [1.82, 2.24) is 10.3 Å². The van der Waals surface area contributed by atoms with Gasteiger partial charge in [-0.15, -0.1) is 11.3 Å². The summed E-state index contributed by atoms with van der Waals surface area (Å²) in [6.45, 7) is 10.1. The number of hydrogen-bond acceptors (Lipinski definition) is 5. The summed E-state index contributed by atoms with van der Waals surface area (Å²) in [5.41, 5.74) is 1.02. The molecule has 0 spiro atoms. The Kier molecular flexibility index (Phi) is 6.58. The normalized spacial score (nSPS) is 11.7. The lowest BCUT2D eigenvalue weighted by atomic mass is 9.90. The van der Waals surface area contributed by atoms with Crippen LogP contribution < -0.4 is 10.2 Å². The van der Waals surface area contributed by atoms with E-state index in [-0.39, 0.29) is 17.9 Å². The zero-order chi connectivity index (χ0) is 15.2. The molecule has 0 aliphatic rings. The Bertz CT molecular complexity index is 432. The first-order chi connectivity index (χ1) is 9.39. The summed E-state index contributed by atoms with van der Waals surface area (Å²) in [4.78, 5) is 17.6. The molecule has 5 nitrogen and oxygen atoms in total. The molecule has 0 saturated carbocycles. The number of carbonyl (C=O) groups excluding carboxylic acids is 1. The lowest BCUT2D eigenvalue weighted by Gasteiger charge is -2.23. The van der Waals surface area contributed by atoms with Crippen LogP contribution in [0.4, 0.5) is 5.13 Å². The molecule has 0 aromatic carbocycles. The monoisotopic (exact) mass is 299 g/mol. The minimum absolute atomic E-state index is 0.0189. The van der Waals surface area contributed by atoms with E-state index in [1.807, 2.05) is 12.3 Å². The van der Waals surface area contributed by atoms with E-state index in [1.165, 1.54) is 11.3 Å². The van der Waals surface area contributed by atoms with Gasteiger partial charge in [-0.05, 0) is 18.8 Å². The summed E-state index contributed by atoms with van der Waals surface area (Å²) < 4.78 is 0. The van der Waals surface area contributed by atoms with Crippen LogP contribution in [0.3, 0.4) is 0 Å². The van der Waals surface area contributed by atoms with Crippen LogP contribution in [0.25, 0.3) is 0 Å². The molecule has 20 heavy (non-hydrogen) atoms. The quantitative estimate of drug-likeness (QED) is 0.771. The SMILES string of the molecule is CCN(C(C)=O)c1nc(CNCC(C)(C)CCO)cs1. The predicted molar refractivity (Wildman–Crippen MR) is 83.0 cm³/mol. The Morgan fingerprint density at radius 2 is 2.25 bits per heavy atom. The highest BCUT2D eigenvalue weighted by atomic mass is 32.1. The maximum Gasteiger partial charge on any atom is 0.225 e. The van der Waals surface area contributed by atoms with Crippen LogP contribution in [0.2, 0.25) is 0 Å². The van der Waals surface area contributed by atoms with E-state index in [0.717, 1.165) is 23.8 Å². The van der Waals surface area contributed by atoms with Crippen LogP contribution in [0, 0.1) is 5.41 Å². The second kappa shape index (κ2) is 7.71. The van der Waals surface area contributed by atoms with E-state index >= 15 is 0 Å². The van der Waals surface area contributed by atoms with Crippen molar-refractivity contribution in [3.8, 4) is 0 Å². The molecule has 1 heterocycles. The molecule has 0 atom stereocenters. The molecule has 0 bridgehead atoms. The van der Waals surface area contributed by atoms with Crippen molar-refractivity contribution >= 4 is 22.4 Å². The van der Waals surface area contributed by atoms with Crippen LogP contribution >= 0.6 is 11.3 Å². The van der Waals surface area contributed by atoms with Crippen molar-refractivity contribution in [2.75, 3.05) is 24.6 Å². The third-order valence-corrected chi connectivity index (χ3v) is 4.08. The van der Waals surface area contributed by atoms with E-state index in [1.54, 1.807) is 11.8 Å². The molecule has 0 radical (unpaired) electrons. The lowest BCUT2D eigenvalue weighted by molar-refractivity contribution is -0.116. The summed E-state index contributed by atoms with van der Waals surface area (Å²) in [5, 5.41) is 15.1. The fraction of sp³-hybridized carbons (Fsp3) is 0.714. The number of aliphatic hydroxyl groups is 1. The maximum atomic E-state index is 11.5. The van der Waals surface area contributed by atoms with Crippen LogP contribution in [-0.4, -0.2) is 35.7 Å². The highest BCUT2D eigenvalue weighted by molar-refractivity contribution is 7.14. The van der Waals surface area contributed by atoms with Crippen LogP contribution in [0.15, 0.2) is 5.38 Å². The predicted octanol–water partition coefficient (Wildman–Crippen LogP) is 2.01. The average molecular weight is 299 g/mol. The zero-order valence-corrected chi connectivity index (χ0v) is 13.6. The molecule has 0 saturated heterocycles. The van der Waals surface area contributed by atoms with Gasteiger partial charge in [0.25, 0.3) is 0 Å². The van der Waals surface area contributed by atoms with E-state index in [9.17, 15) is 4.79 Å². The van der Waals surface area contributed by atoms with E-state index in [4.69, 9.17) is 5.11 Å². The van der Waals surface area contributed by atoms with Gasteiger partial charge in [0.1, 0.15) is 0 Å². The first-order valence-corrected chi connectivity index (χ1v) is 7.81. The number of carbonyl (C=O) groups is 1. The number of anilines is 1. The first kappa shape index (κ1) is 17.1. The summed E-state index contributed by atoms with van der Waals surface area (Å²) in [7, 11) is 0. The third-order valence-electron chi connectivity index (χ3n) is 3.17. The van der Waals surface area contributed by atoms with Gasteiger partial charge in [-0.3, -0.25) is 9.69 Å². The number of thiazole rings is 1. The molecular weight excluding hydrogens is 274 g/mol. The number of nitrogens with one attached hydrogen (secondary N) is 1. The Labute approximate surface area is 125 Å². The Morgan fingerprint density at radius 3 is 2.80 bits per heavy atom. The zero-order valence-electron chi connectivity index (χ0n) is 12.8. The molecule has 0 aliphatic carbocycles. The van der Waals surface area contributed by atoms with Crippen LogP contribution in [-0.2, 0) is 11.3 Å². The highest BCUT2D eigenvalue weighted by Gasteiger charge is 2.17. The topological polar surface area (TPSA) is 65.5 Å². The number of nitrogens with zero attached hydrogens (tertiary/aromatic N) is 2. The fourth-order valence-corrected chi connectivity index (χ4v) is 2.85. The van der Waals surface area contributed by atoms with E-state index < -0.39 is 0 Å². The molecule has 1 amide bonds. The second-order valence-corrected chi connectivity index (χ2v) is 6.46. The molecule has 0 aliphatic heterocycles. The standard InChI is InChI=1S/C14H25N3O2S/c1-5-17(11(2)19)13-16-12(9-20-13)8-15-10-14(3,4)6-7-18/h9,15,18H,5-8,10H2,1-4H3. The number of aliphatic hydroxyl groups excluding tert-OH is 1. The molecule has 0 unspecified atom stereocenters. The smallest absolute Gasteiger partial charge is 0.225 e. The highest BCUT2D eigenvalue weighted by Crippen LogP contribution is 2.21. The summed E-state index contributed by atoms with van der Waals surface area (Å²) in [6, 6.07) is 0. The third kappa shape index (κ3) is 5.19. The Hall–Kier alpha value is -0.980. The van der Waals surface area contributed by atoms with Gasteiger partial charge in [-0.1, -0.05) is 13.8 Å². The van der Waals surface area contributed by atoms with Crippen LogP contribution in [0.1, 0.15) is 39.8 Å². The first-order valence-electron chi connectivity index (χ1n) is 6.93. The molecular formula is C14H25N3O2S. The molecule has 6 heteroatoms. The van der Waals surface area contributed by atoms with Crippen molar-refractivity contribution in [3.05, 3.63) is 11.1 Å². The number of aromatic nitrogens is 1. The summed E-state index contributed by atoms with van der Waals surface area (Å²) >= 11 is 1.49. The van der Waals surface area contributed by atoms with Gasteiger partial charge in [-0.2, -0.15) is 0 Å². The van der Waals surface area contributed by atoms with Gasteiger partial charge in [0.15, 0.2) is 5.13 Å². The average Bonchev–Trinajstić information content (AvgIpc) is 2.77. The van der Waals surface area contributed by atoms with Gasteiger partial charge < -0.3 is 10.4 Å². The Balaban J connectivity index is 2.50. The van der Waals surface area contributed by atoms with Gasteiger partial charge in [-0.25, -0.2) is 4.98 Å². The minimum Gasteiger partial charge on any atom is -0.396 e. The molecule has 1 rings (SSSR count).